The molecule has 0 bridgehead atoms. The highest BCUT2D eigenvalue weighted by Crippen LogP contribution is 2.27. The van der Waals surface area contributed by atoms with Crippen molar-refractivity contribution in [2.45, 2.75) is 57.5 Å². The van der Waals surface area contributed by atoms with E-state index >= 15 is 0 Å². The van der Waals surface area contributed by atoms with Gasteiger partial charge >= 0.3 is 6.03 Å². The third kappa shape index (κ3) is 6.22. The lowest BCUT2D eigenvalue weighted by Gasteiger charge is -2.21. The van der Waals surface area contributed by atoms with Crippen LogP contribution in [0.25, 0.3) is 11.4 Å². The molecule has 0 aliphatic heterocycles. The number of hydrogen-bond acceptors (Lipinski definition) is 6. The van der Waals surface area contributed by atoms with Gasteiger partial charge < -0.3 is 14.8 Å². The van der Waals surface area contributed by atoms with E-state index in [0.29, 0.717) is 5.16 Å². The van der Waals surface area contributed by atoms with Gasteiger partial charge in [-0.15, -0.1) is 10.2 Å². The maximum Gasteiger partial charge on any atom is 0.321 e. The second-order valence-electron chi connectivity index (χ2n) is 8.04. The number of urea groups is 1. The second-order valence-corrected chi connectivity index (χ2v) is 9.35. The molecule has 8 nitrogen and oxygen atoms in total. The first-order valence-corrected chi connectivity index (χ1v) is 11.0. The van der Waals surface area contributed by atoms with Crippen molar-refractivity contribution in [1.82, 2.24) is 25.4 Å². The molecular formula is C21H32N6O2S. The Labute approximate surface area is 182 Å². The summed E-state index contributed by atoms with van der Waals surface area (Å²) in [6, 6.07) is 7.70. The van der Waals surface area contributed by atoms with E-state index in [-0.39, 0.29) is 5.91 Å². The average molecular weight is 433 g/mol. The van der Waals surface area contributed by atoms with E-state index in [2.05, 4.69) is 51.7 Å². The molecule has 9 heteroatoms. The fourth-order valence-corrected chi connectivity index (χ4v) is 3.69. The minimum atomic E-state index is -0.508. The van der Waals surface area contributed by atoms with Gasteiger partial charge in [-0.25, -0.2) is 4.79 Å². The molecule has 0 saturated heterocycles. The summed E-state index contributed by atoms with van der Waals surface area (Å²) in [6.45, 7) is 13.5. The van der Waals surface area contributed by atoms with Crippen molar-refractivity contribution in [3.63, 3.8) is 0 Å². The van der Waals surface area contributed by atoms with Crippen LogP contribution in [-0.4, -0.2) is 50.6 Å². The highest BCUT2D eigenvalue weighted by molar-refractivity contribution is 8.00. The van der Waals surface area contributed by atoms with Crippen LogP contribution in [0.1, 0.15) is 41.5 Å². The molecule has 1 unspecified atom stereocenters. The van der Waals surface area contributed by atoms with Gasteiger partial charge in [0.15, 0.2) is 11.0 Å². The van der Waals surface area contributed by atoms with Crippen LogP contribution in [0.5, 0.6) is 0 Å². The van der Waals surface area contributed by atoms with E-state index < -0.39 is 16.8 Å². The minimum absolute atomic E-state index is 0.380. The summed E-state index contributed by atoms with van der Waals surface area (Å²) in [5, 5.41) is 13.7. The van der Waals surface area contributed by atoms with Crippen LogP contribution in [0.2, 0.25) is 0 Å². The van der Waals surface area contributed by atoms with E-state index in [4.69, 9.17) is 0 Å². The predicted molar refractivity (Wildman–Crippen MR) is 122 cm³/mol. The SMILES string of the molecule is CCN(CC)c1ccc(-c2nnc(SC(C)C(=O)NC(=O)NC(C)(C)C)n2C)cc1. The van der Waals surface area contributed by atoms with Crippen LogP contribution in [0.3, 0.4) is 0 Å². The average Bonchev–Trinajstić information content (AvgIpc) is 3.02. The molecule has 2 N–H and O–H groups in total. The standard InChI is InChI=1S/C21H32N6O2S/c1-8-27(9-2)16-12-10-15(11-13-16)17-24-25-20(26(17)7)30-14(3)18(28)22-19(29)23-21(4,5)6/h10-14H,8-9H2,1-7H3,(H2,22,23,28,29). The molecule has 30 heavy (non-hydrogen) atoms. The molecule has 0 radical (unpaired) electrons. The summed E-state index contributed by atoms with van der Waals surface area (Å²) in [6.07, 6.45) is 0. The van der Waals surface area contributed by atoms with Gasteiger partial charge in [-0.3, -0.25) is 10.1 Å². The van der Waals surface area contributed by atoms with E-state index in [1.54, 1.807) is 6.92 Å². The highest BCUT2D eigenvalue weighted by atomic mass is 32.2. The van der Waals surface area contributed by atoms with Gasteiger partial charge in [0, 0.05) is 36.9 Å². The van der Waals surface area contributed by atoms with Gasteiger partial charge in [0.1, 0.15) is 0 Å². The number of amides is 3. The molecule has 0 spiro atoms. The van der Waals surface area contributed by atoms with E-state index in [9.17, 15) is 9.59 Å². The lowest BCUT2D eigenvalue weighted by molar-refractivity contribution is -0.119. The van der Waals surface area contributed by atoms with Gasteiger partial charge in [-0.2, -0.15) is 0 Å². The maximum atomic E-state index is 12.3. The highest BCUT2D eigenvalue weighted by Gasteiger charge is 2.22. The van der Waals surface area contributed by atoms with Crippen molar-refractivity contribution >= 4 is 29.4 Å². The molecular weight excluding hydrogens is 400 g/mol. The Kier molecular flexibility index (Phi) is 7.89. The first kappa shape index (κ1) is 23.7. The first-order chi connectivity index (χ1) is 14.1. The third-order valence-electron chi connectivity index (χ3n) is 4.47. The lowest BCUT2D eigenvalue weighted by atomic mass is 10.1. The Hall–Kier alpha value is -2.55. The van der Waals surface area contributed by atoms with E-state index in [1.807, 2.05) is 44.5 Å². The number of carbonyl (C=O) groups excluding carboxylic acids is 2. The molecule has 0 saturated carbocycles. The number of hydrogen-bond donors (Lipinski definition) is 2. The quantitative estimate of drug-likeness (QED) is 0.651. The molecule has 1 aromatic carbocycles. The van der Waals surface area contributed by atoms with Crippen LogP contribution in [0.15, 0.2) is 29.4 Å². The smallest absolute Gasteiger partial charge is 0.321 e. The summed E-state index contributed by atoms with van der Waals surface area (Å²) < 4.78 is 1.86. The number of imide groups is 1. The number of nitrogens with one attached hydrogen (secondary N) is 2. The Morgan fingerprint density at radius 2 is 1.73 bits per heavy atom. The molecule has 1 heterocycles. The fourth-order valence-electron chi connectivity index (χ4n) is 2.88. The zero-order valence-corrected chi connectivity index (χ0v) is 19.6. The van der Waals surface area contributed by atoms with Crippen molar-refractivity contribution in [3.05, 3.63) is 24.3 Å². The van der Waals surface area contributed by atoms with Crippen molar-refractivity contribution in [2.75, 3.05) is 18.0 Å². The van der Waals surface area contributed by atoms with Crippen molar-refractivity contribution < 1.29 is 9.59 Å². The van der Waals surface area contributed by atoms with Gasteiger partial charge in [0.25, 0.3) is 0 Å². The number of nitrogens with zero attached hydrogens (tertiary/aromatic N) is 4. The summed E-state index contributed by atoms with van der Waals surface area (Å²) >= 11 is 1.26. The van der Waals surface area contributed by atoms with Gasteiger partial charge in [0.2, 0.25) is 5.91 Å². The minimum Gasteiger partial charge on any atom is -0.372 e. The van der Waals surface area contributed by atoms with Crippen LogP contribution < -0.4 is 15.5 Å². The topological polar surface area (TPSA) is 92.2 Å². The number of rotatable bonds is 7. The molecule has 1 atom stereocenters. The van der Waals surface area contributed by atoms with Gasteiger partial charge in [0.05, 0.1) is 5.25 Å². The summed E-state index contributed by atoms with van der Waals surface area (Å²) in [7, 11) is 1.87. The van der Waals surface area contributed by atoms with Gasteiger partial charge in [-0.05, 0) is 65.8 Å². The second kappa shape index (κ2) is 9.97. The Morgan fingerprint density at radius 1 is 1.13 bits per heavy atom. The largest absolute Gasteiger partial charge is 0.372 e. The Morgan fingerprint density at radius 3 is 2.27 bits per heavy atom. The maximum absolute atomic E-state index is 12.3. The number of carbonyl (C=O) groups is 2. The summed E-state index contributed by atoms with van der Waals surface area (Å²) in [4.78, 5) is 26.5. The number of benzene rings is 1. The van der Waals surface area contributed by atoms with Crippen molar-refractivity contribution in [3.8, 4) is 11.4 Å². The zero-order chi connectivity index (χ0) is 22.5. The van der Waals surface area contributed by atoms with E-state index in [0.717, 1.165) is 24.5 Å². The molecule has 0 aliphatic rings. The molecule has 2 aromatic rings. The zero-order valence-electron chi connectivity index (χ0n) is 18.8. The molecule has 164 valence electrons. The van der Waals surface area contributed by atoms with Crippen LogP contribution in [0.4, 0.5) is 10.5 Å². The first-order valence-electron chi connectivity index (χ1n) is 10.1. The summed E-state index contributed by atoms with van der Waals surface area (Å²) in [5.74, 6) is 0.344. The Balaban J connectivity index is 2.06. The van der Waals surface area contributed by atoms with Crippen LogP contribution >= 0.6 is 11.8 Å². The van der Waals surface area contributed by atoms with E-state index in [1.165, 1.54) is 17.4 Å². The molecule has 0 fully saturated rings. The Bertz CT molecular complexity index is 869. The molecule has 2 rings (SSSR count). The normalized spacial score (nSPS) is 12.4. The predicted octanol–water partition coefficient (Wildman–Crippen LogP) is 3.43. The van der Waals surface area contributed by atoms with Crippen molar-refractivity contribution in [1.29, 1.82) is 0 Å². The molecule has 0 aliphatic carbocycles. The van der Waals surface area contributed by atoms with Crippen LogP contribution in [-0.2, 0) is 11.8 Å². The number of anilines is 1. The monoisotopic (exact) mass is 432 g/mol. The fraction of sp³-hybridized carbons (Fsp3) is 0.524. The van der Waals surface area contributed by atoms with Crippen molar-refractivity contribution in [2.24, 2.45) is 7.05 Å². The third-order valence-corrected chi connectivity index (χ3v) is 5.60. The summed E-state index contributed by atoms with van der Waals surface area (Å²) in [5.41, 5.74) is 1.70. The number of thioether (sulfide) groups is 1. The van der Waals surface area contributed by atoms with Gasteiger partial charge in [-0.1, -0.05) is 11.8 Å². The van der Waals surface area contributed by atoms with Crippen LogP contribution in [0, 0.1) is 0 Å². The lowest BCUT2D eigenvalue weighted by Crippen LogP contribution is -2.49. The molecule has 1 aromatic heterocycles. The molecule has 3 amide bonds. The number of aromatic nitrogens is 3.